The third kappa shape index (κ3) is 6.82. The maximum absolute atomic E-state index is 10.8. The first-order chi connectivity index (χ1) is 5.66. The second-order valence-electron chi connectivity index (χ2n) is 2.13. The summed E-state index contributed by atoms with van der Waals surface area (Å²) in [6.07, 6.45) is 1.56. The van der Waals surface area contributed by atoms with Crippen LogP contribution in [0.2, 0.25) is 0 Å². The summed E-state index contributed by atoms with van der Waals surface area (Å²) in [4.78, 5) is 10.8. The van der Waals surface area contributed by atoms with E-state index in [1.54, 1.807) is 13.0 Å². The highest BCUT2D eigenvalue weighted by atomic mass is 16.5. The van der Waals surface area contributed by atoms with Crippen molar-refractivity contribution in [2.75, 3.05) is 13.2 Å². The van der Waals surface area contributed by atoms with Crippen LogP contribution < -0.4 is 0 Å². The SMILES string of the molecule is C=CCOCC(=O)N=NC(=C)C. The first-order valence-corrected chi connectivity index (χ1v) is 3.45. The number of amides is 1. The Kier molecular flexibility index (Phi) is 5.73. The molecule has 0 radical (unpaired) electrons. The highest BCUT2D eigenvalue weighted by Gasteiger charge is 1.96. The minimum Gasteiger partial charge on any atom is -0.367 e. The molecule has 0 aliphatic carbocycles. The Hall–Kier alpha value is -1.29. The van der Waals surface area contributed by atoms with E-state index in [0.717, 1.165) is 0 Å². The number of azo groups is 1. The number of hydrogen-bond donors (Lipinski definition) is 0. The average Bonchev–Trinajstić information content (AvgIpc) is 2.01. The minimum atomic E-state index is -0.417. The molecule has 0 bridgehead atoms. The molecule has 0 aromatic heterocycles. The number of carbonyl (C=O) groups is 1. The zero-order chi connectivity index (χ0) is 9.40. The van der Waals surface area contributed by atoms with E-state index in [0.29, 0.717) is 12.3 Å². The third-order valence-corrected chi connectivity index (χ3v) is 0.793. The molecule has 0 N–H and O–H groups in total. The standard InChI is InChI=1S/C8H12N2O2/c1-4-5-12-6-8(11)10-9-7(2)3/h4H,1-2,5-6H2,3H3. The zero-order valence-electron chi connectivity index (χ0n) is 7.12. The molecule has 0 aromatic rings. The largest absolute Gasteiger partial charge is 0.367 e. The molecule has 0 aromatic carbocycles. The van der Waals surface area contributed by atoms with Gasteiger partial charge in [0, 0.05) is 0 Å². The van der Waals surface area contributed by atoms with Crippen LogP contribution in [0.1, 0.15) is 6.92 Å². The van der Waals surface area contributed by atoms with Gasteiger partial charge in [0.2, 0.25) is 0 Å². The fourth-order valence-electron chi connectivity index (χ4n) is 0.400. The van der Waals surface area contributed by atoms with E-state index in [1.165, 1.54) is 0 Å². The van der Waals surface area contributed by atoms with Gasteiger partial charge in [-0.1, -0.05) is 12.7 Å². The Morgan fingerprint density at radius 3 is 2.75 bits per heavy atom. The number of allylic oxidation sites excluding steroid dienone is 1. The summed E-state index contributed by atoms with van der Waals surface area (Å²) >= 11 is 0. The van der Waals surface area contributed by atoms with Gasteiger partial charge in [0.05, 0.1) is 12.3 Å². The van der Waals surface area contributed by atoms with Crippen molar-refractivity contribution in [2.45, 2.75) is 6.92 Å². The molecule has 4 heteroatoms. The molecule has 4 nitrogen and oxygen atoms in total. The highest BCUT2D eigenvalue weighted by Crippen LogP contribution is 1.90. The van der Waals surface area contributed by atoms with Crippen molar-refractivity contribution in [3.05, 3.63) is 24.9 Å². The lowest BCUT2D eigenvalue weighted by Crippen LogP contribution is -2.04. The Morgan fingerprint density at radius 2 is 2.25 bits per heavy atom. The fraction of sp³-hybridized carbons (Fsp3) is 0.375. The van der Waals surface area contributed by atoms with Crippen LogP contribution in [0, 0.1) is 0 Å². The van der Waals surface area contributed by atoms with Crippen molar-refractivity contribution in [2.24, 2.45) is 10.2 Å². The van der Waals surface area contributed by atoms with Crippen LogP contribution in [0.15, 0.2) is 35.2 Å². The van der Waals surface area contributed by atoms with E-state index >= 15 is 0 Å². The number of nitrogens with zero attached hydrogens (tertiary/aromatic N) is 2. The first kappa shape index (κ1) is 10.7. The van der Waals surface area contributed by atoms with Gasteiger partial charge in [0.1, 0.15) is 6.61 Å². The molecular weight excluding hydrogens is 156 g/mol. The Morgan fingerprint density at radius 1 is 1.58 bits per heavy atom. The quantitative estimate of drug-likeness (QED) is 0.356. The van der Waals surface area contributed by atoms with Gasteiger partial charge >= 0.3 is 0 Å². The molecule has 0 unspecified atom stereocenters. The Balaban J connectivity index is 3.59. The summed E-state index contributed by atoms with van der Waals surface area (Å²) in [7, 11) is 0. The maximum atomic E-state index is 10.8. The van der Waals surface area contributed by atoms with E-state index in [-0.39, 0.29) is 6.61 Å². The number of rotatable bonds is 5. The fourth-order valence-corrected chi connectivity index (χ4v) is 0.400. The van der Waals surface area contributed by atoms with Gasteiger partial charge in [0.15, 0.2) is 0 Å². The van der Waals surface area contributed by atoms with Crippen molar-refractivity contribution in [1.82, 2.24) is 0 Å². The van der Waals surface area contributed by atoms with Gasteiger partial charge < -0.3 is 4.74 Å². The van der Waals surface area contributed by atoms with Gasteiger partial charge in [-0.3, -0.25) is 4.79 Å². The molecule has 0 heterocycles. The first-order valence-electron chi connectivity index (χ1n) is 3.45. The molecular formula is C8H12N2O2. The zero-order valence-corrected chi connectivity index (χ0v) is 7.12. The summed E-state index contributed by atoms with van der Waals surface area (Å²) in [6, 6.07) is 0. The second-order valence-corrected chi connectivity index (χ2v) is 2.13. The smallest absolute Gasteiger partial charge is 0.290 e. The van der Waals surface area contributed by atoms with Crippen LogP contribution in [0.3, 0.4) is 0 Å². The lowest BCUT2D eigenvalue weighted by Gasteiger charge is -1.93. The summed E-state index contributed by atoms with van der Waals surface area (Å²) in [5.41, 5.74) is 0.493. The van der Waals surface area contributed by atoms with Crippen molar-refractivity contribution < 1.29 is 9.53 Å². The van der Waals surface area contributed by atoms with Gasteiger partial charge in [-0.25, -0.2) is 0 Å². The lowest BCUT2D eigenvalue weighted by molar-refractivity contribution is -0.122. The molecule has 0 saturated carbocycles. The lowest BCUT2D eigenvalue weighted by atomic mass is 10.6. The van der Waals surface area contributed by atoms with E-state index < -0.39 is 5.91 Å². The predicted molar refractivity (Wildman–Crippen MR) is 45.7 cm³/mol. The van der Waals surface area contributed by atoms with Crippen molar-refractivity contribution in [3.63, 3.8) is 0 Å². The Labute approximate surface area is 71.6 Å². The summed E-state index contributed by atoms with van der Waals surface area (Å²) in [5.74, 6) is -0.417. The maximum Gasteiger partial charge on any atom is 0.290 e. The summed E-state index contributed by atoms with van der Waals surface area (Å²) in [5, 5.41) is 6.80. The van der Waals surface area contributed by atoms with Gasteiger partial charge in [-0.2, -0.15) is 5.11 Å². The number of carbonyl (C=O) groups excluding carboxylic acids is 1. The molecule has 0 aliphatic rings. The third-order valence-electron chi connectivity index (χ3n) is 0.793. The summed E-state index contributed by atoms with van der Waals surface area (Å²) < 4.78 is 4.83. The predicted octanol–water partition coefficient (Wildman–Crippen LogP) is 1.70. The normalized spacial score (nSPS) is 10.1. The molecule has 0 aliphatic heterocycles. The topological polar surface area (TPSA) is 51.0 Å². The van der Waals surface area contributed by atoms with Gasteiger partial charge in [0.25, 0.3) is 5.91 Å². The number of ether oxygens (including phenoxy) is 1. The molecule has 66 valence electrons. The van der Waals surface area contributed by atoms with Crippen LogP contribution in [0.5, 0.6) is 0 Å². The van der Waals surface area contributed by atoms with E-state index in [2.05, 4.69) is 23.4 Å². The monoisotopic (exact) mass is 168 g/mol. The van der Waals surface area contributed by atoms with Crippen LogP contribution in [0.25, 0.3) is 0 Å². The van der Waals surface area contributed by atoms with Crippen LogP contribution >= 0.6 is 0 Å². The van der Waals surface area contributed by atoms with Crippen molar-refractivity contribution >= 4 is 5.91 Å². The Bertz CT molecular complexity index is 209. The van der Waals surface area contributed by atoms with Crippen molar-refractivity contribution in [3.8, 4) is 0 Å². The minimum absolute atomic E-state index is 0.0667. The molecule has 0 atom stereocenters. The van der Waals surface area contributed by atoms with Crippen LogP contribution in [-0.4, -0.2) is 19.1 Å². The van der Waals surface area contributed by atoms with Gasteiger partial charge in [-0.05, 0) is 6.92 Å². The van der Waals surface area contributed by atoms with Crippen LogP contribution in [0.4, 0.5) is 0 Å². The summed E-state index contributed by atoms with van der Waals surface area (Å²) in [6.45, 7) is 8.81. The van der Waals surface area contributed by atoms with Crippen LogP contribution in [-0.2, 0) is 9.53 Å². The van der Waals surface area contributed by atoms with E-state index in [1.807, 2.05) is 0 Å². The molecule has 12 heavy (non-hydrogen) atoms. The highest BCUT2D eigenvalue weighted by molar-refractivity contribution is 5.77. The molecule has 0 saturated heterocycles. The van der Waals surface area contributed by atoms with E-state index in [4.69, 9.17) is 4.74 Å². The van der Waals surface area contributed by atoms with Gasteiger partial charge in [-0.15, -0.1) is 11.7 Å². The molecule has 1 amide bonds. The average molecular weight is 168 g/mol. The molecule has 0 fully saturated rings. The van der Waals surface area contributed by atoms with E-state index in [9.17, 15) is 4.79 Å². The number of hydrogen-bond acceptors (Lipinski definition) is 3. The van der Waals surface area contributed by atoms with Crippen molar-refractivity contribution in [1.29, 1.82) is 0 Å². The molecule has 0 rings (SSSR count). The molecule has 0 spiro atoms. The second kappa shape index (κ2) is 6.42.